The first-order valence-corrected chi connectivity index (χ1v) is 7.04. The van der Waals surface area contributed by atoms with E-state index in [1.165, 1.54) is 5.56 Å². The SMILES string of the molecule is Cc1ccc(NC(=O)CCc2cccc(Br)c2)cc1. The van der Waals surface area contributed by atoms with Gasteiger partial charge in [-0.25, -0.2) is 0 Å². The third kappa shape index (κ3) is 4.52. The molecule has 19 heavy (non-hydrogen) atoms. The lowest BCUT2D eigenvalue weighted by atomic mass is 10.1. The molecule has 98 valence electrons. The van der Waals surface area contributed by atoms with Crippen molar-refractivity contribution in [3.05, 3.63) is 64.1 Å². The van der Waals surface area contributed by atoms with E-state index in [0.29, 0.717) is 6.42 Å². The predicted molar refractivity (Wildman–Crippen MR) is 82.3 cm³/mol. The number of hydrogen-bond acceptors (Lipinski definition) is 1. The van der Waals surface area contributed by atoms with Crippen molar-refractivity contribution in [3.63, 3.8) is 0 Å². The number of amides is 1. The zero-order valence-corrected chi connectivity index (χ0v) is 12.4. The van der Waals surface area contributed by atoms with Crippen LogP contribution in [-0.2, 0) is 11.2 Å². The van der Waals surface area contributed by atoms with Gasteiger partial charge in [0.2, 0.25) is 5.91 Å². The summed E-state index contributed by atoms with van der Waals surface area (Å²) >= 11 is 3.43. The molecule has 2 nitrogen and oxygen atoms in total. The van der Waals surface area contributed by atoms with Gasteiger partial charge in [0.1, 0.15) is 0 Å². The molecule has 2 aromatic rings. The Labute approximate surface area is 122 Å². The number of nitrogens with one attached hydrogen (secondary N) is 1. The van der Waals surface area contributed by atoms with Crippen LogP contribution in [0.3, 0.4) is 0 Å². The normalized spacial score (nSPS) is 10.2. The van der Waals surface area contributed by atoms with E-state index < -0.39 is 0 Å². The van der Waals surface area contributed by atoms with Gasteiger partial charge in [-0.1, -0.05) is 45.8 Å². The first-order chi connectivity index (χ1) is 9.13. The number of halogens is 1. The molecule has 0 fully saturated rings. The fraction of sp³-hybridized carbons (Fsp3) is 0.188. The molecule has 1 amide bonds. The molecule has 1 N–H and O–H groups in total. The van der Waals surface area contributed by atoms with Crippen molar-refractivity contribution in [1.29, 1.82) is 0 Å². The molecule has 3 heteroatoms. The van der Waals surface area contributed by atoms with Gasteiger partial charge in [0.25, 0.3) is 0 Å². The molecule has 2 rings (SSSR count). The summed E-state index contributed by atoms with van der Waals surface area (Å²) in [6.07, 6.45) is 1.24. The average molecular weight is 318 g/mol. The first kappa shape index (κ1) is 13.8. The highest BCUT2D eigenvalue weighted by molar-refractivity contribution is 9.10. The number of rotatable bonds is 4. The van der Waals surface area contributed by atoms with E-state index in [-0.39, 0.29) is 5.91 Å². The maximum absolute atomic E-state index is 11.8. The second kappa shape index (κ2) is 6.53. The molecule has 0 aliphatic rings. The molecule has 0 aromatic heterocycles. The zero-order chi connectivity index (χ0) is 13.7. The van der Waals surface area contributed by atoms with Gasteiger partial charge >= 0.3 is 0 Å². The maximum Gasteiger partial charge on any atom is 0.224 e. The lowest BCUT2D eigenvalue weighted by Gasteiger charge is -2.06. The van der Waals surface area contributed by atoms with Crippen LogP contribution in [0.4, 0.5) is 5.69 Å². The van der Waals surface area contributed by atoms with Gasteiger partial charge in [0, 0.05) is 16.6 Å². The van der Waals surface area contributed by atoms with Crippen LogP contribution in [0, 0.1) is 6.92 Å². The summed E-state index contributed by atoms with van der Waals surface area (Å²) in [5, 5.41) is 2.90. The van der Waals surface area contributed by atoms with Crippen molar-refractivity contribution in [2.24, 2.45) is 0 Å². The summed E-state index contributed by atoms with van der Waals surface area (Å²) < 4.78 is 1.05. The van der Waals surface area contributed by atoms with Crippen LogP contribution < -0.4 is 5.32 Å². The molecule has 0 radical (unpaired) electrons. The minimum absolute atomic E-state index is 0.0452. The first-order valence-electron chi connectivity index (χ1n) is 6.24. The van der Waals surface area contributed by atoms with Crippen LogP contribution in [0.25, 0.3) is 0 Å². The Morgan fingerprint density at radius 2 is 1.89 bits per heavy atom. The van der Waals surface area contributed by atoms with Crippen LogP contribution in [-0.4, -0.2) is 5.91 Å². The maximum atomic E-state index is 11.8. The number of carbonyl (C=O) groups excluding carboxylic acids is 1. The number of hydrogen-bond donors (Lipinski definition) is 1. The molecule has 0 saturated heterocycles. The summed E-state index contributed by atoms with van der Waals surface area (Å²) in [5.41, 5.74) is 3.20. The Morgan fingerprint density at radius 1 is 1.16 bits per heavy atom. The molecule has 0 atom stereocenters. The fourth-order valence-corrected chi connectivity index (χ4v) is 2.26. The van der Waals surface area contributed by atoms with Gasteiger partial charge in [-0.2, -0.15) is 0 Å². The summed E-state index contributed by atoms with van der Waals surface area (Å²) in [6, 6.07) is 15.9. The zero-order valence-electron chi connectivity index (χ0n) is 10.8. The summed E-state index contributed by atoms with van der Waals surface area (Å²) in [5.74, 6) is 0.0452. The second-order valence-corrected chi connectivity index (χ2v) is 5.46. The molecule has 0 unspecified atom stereocenters. The Kier molecular flexibility index (Phi) is 4.74. The number of aryl methyl sites for hydroxylation is 2. The highest BCUT2D eigenvalue weighted by atomic mass is 79.9. The van der Waals surface area contributed by atoms with Crippen molar-refractivity contribution in [2.45, 2.75) is 19.8 Å². The van der Waals surface area contributed by atoms with Gasteiger partial charge < -0.3 is 5.32 Å². The van der Waals surface area contributed by atoms with E-state index in [1.54, 1.807) is 0 Å². The Morgan fingerprint density at radius 3 is 2.58 bits per heavy atom. The van der Waals surface area contributed by atoms with Crippen molar-refractivity contribution >= 4 is 27.5 Å². The Balaban J connectivity index is 1.86. The smallest absolute Gasteiger partial charge is 0.224 e. The van der Waals surface area contributed by atoms with E-state index in [2.05, 4.69) is 21.2 Å². The number of carbonyl (C=O) groups is 1. The van der Waals surface area contributed by atoms with E-state index in [0.717, 1.165) is 22.1 Å². The Bertz CT molecular complexity index is 563. The van der Waals surface area contributed by atoms with Gasteiger partial charge in [-0.3, -0.25) is 4.79 Å². The van der Waals surface area contributed by atoms with E-state index >= 15 is 0 Å². The van der Waals surface area contributed by atoms with E-state index in [4.69, 9.17) is 0 Å². The summed E-state index contributed by atoms with van der Waals surface area (Å²) in [6.45, 7) is 2.03. The van der Waals surface area contributed by atoms with Crippen LogP contribution in [0.1, 0.15) is 17.5 Å². The molecule has 0 spiro atoms. The molecular weight excluding hydrogens is 302 g/mol. The molecule has 0 aliphatic carbocycles. The van der Waals surface area contributed by atoms with Crippen molar-refractivity contribution in [1.82, 2.24) is 0 Å². The van der Waals surface area contributed by atoms with Crippen LogP contribution in [0.5, 0.6) is 0 Å². The third-order valence-electron chi connectivity index (χ3n) is 2.87. The fourth-order valence-electron chi connectivity index (χ4n) is 1.81. The van der Waals surface area contributed by atoms with E-state index in [1.807, 2.05) is 55.5 Å². The quantitative estimate of drug-likeness (QED) is 0.893. The summed E-state index contributed by atoms with van der Waals surface area (Å²) in [7, 11) is 0. The standard InChI is InChI=1S/C16H16BrNO/c1-12-5-8-15(9-6-12)18-16(19)10-7-13-3-2-4-14(17)11-13/h2-6,8-9,11H,7,10H2,1H3,(H,18,19). The van der Waals surface area contributed by atoms with Crippen molar-refractivity contribution in [2.75, 3.05) is 5.32 Å². The highest BCUT2D eigenvalue weighted by Crippen LogP contribution is 2.14. The topological polar surface area (TPSA) is 29.1 Å². The molecule has 0 aliphatic heterocycles. The minimum Gasteiger partial charge on any atom is -0.326 e. The molecule has 0 heterocycles. The van der Waals surface area contributed by atoms with E-state index in [9.17, 15) is 4.79 Å². The Hall–Kier alpha value is -1.61. The van der Waals surface area contributed by atoms with Gasteiger partial charge in [0.05, 0.1) is 0 Å². The van der Waals surface area contributed by atoms with Crippen molar-refractivity contribution < 1.29 is 4.79 Å². The average Bonchev–Trinajstić information content (AvgIpc) is 2.39. The summed E-state index contributed by atoms with van der Waals surface area (Å²) in [4.78, 5) is 11.8. The predicted octanol–water partition coefficient (Wildman–Crippen LogP) is 4.33. The van der Waals surface area contributed by atoms with Crippen LogP contribution in [0.15, 0.2) is 53.0 Å². The number of benzene rings is 2. The highest BCUT2D eigenvalue weighted by Gasteiger charge is 2.03. The number of anilines is 1. The third-order valence-corrected chi connectivity index (χ3v) is 3.36. The van der Waals surface area contributed by atoms with Gasteiger partial charge in [0.15, 0.2) is 0 Å². The van der Waals surface area contributed by atoms with Crippen molar-refractivity contribution in [3.8, 4) is 0 Å². The molecule has 0 bridgehead atoms. The monoisotopic (exact) mass is 317 g/mol. The lowest BCUT2D eigenvalue weighted by Crippen LogP contribution is -2.12. The van der Waals surface area contributed by atoms with Gasteiger partial charge in [-0.15, -0.1) is 0 Å². The molecule has 0 saturated carbocycles. The van der Waals surface area contributed by atoms with Crippen LogP contribution in [0.2, 0.25) is 0 Å². The minimum atomic E-state index is 0.0452. The largest absolute Gasteiger partial charge is 0.326 e. The second-order valence-electron chi connectivity index (χ2n) is 4.54. The van der Waals surface area contributed by atoms with Crippen LogP contribution >= 0.6 is 15.9 Å². The molecule has 2 aromatic carbocycles. The molecular formula is C16H16BrNO. The lowest BCUT2D eigenvalue weighted by molar-refractivity contribution is -0.116. The van der Waals surface area contributed by atoms with Gasteiger partial charge in [-0.05, 0) is 43.2 Å².